The number of likely N-dealkylation sites (N-methyl/N-ethyl adjacent to an activating group) is 1. The second-order valence-corrected chi connectivity index (χ2v) is 6.83. The van der Waals surface area contributed by atoms with E-state index in [1.807, 2.05) is 12.3 Å². The molecular weight excluding hydrogens is 346 g/mol. The average Bonchev–Trinajstić information content (AvgIpc) is 2.73. The van der Waals surface area contributed by atoms with Gasteiger partial charge in [0.1, 0.15) is 0 Å². The van der Waals surface area contributed by atoms with E-state index in [2.05, 4.69) is 21.7 Å². The number of amides is 2. The summed E-state index contributed by atoms with van der Waals surface area (Å²) in [7, 11) is 0. The minimum absolute atomic E-state index is 0.0277. The largest absolute Gasteiger partial charge is 0.450 e. The van der Waals surface area contributed by atoms with Gasteiger partial charge in [0.05, 0.1) is 24.1 Å². The van der Waals surface area contributed by atoms with Crippen LogP contribution in [0.25, 0.3) is 0 Å². The summed E-state index contributed by atoms with van der Waals surface area (Å²) < 4.78 is 5.02. The van der Waals surface area contributed by atoms with E-state index in [1.54, 1.807) is 22.9 Å². The molecule has 2 saturated heterocycles. The highest BCUT2D eigenvalue weighted by Crippen LogP contribution is 2.18. The lowest BCUT2D eigenvalue weighted by molar-refractivity contribution is 0.0570. The van der Waals surface area contributed by atoms with Crippen LogP contribution in [0.15, 0.2) is 18.5 Å². The molecule has 0 spiro atoms. The van der Waals surface area contributed by atoms with Crippen LogP contribution in [-0.2, 0) is 4.74 Å². The Kier molecular flexibility index (Phi) is 6.49. The smallest absolute Gasteiger partial charge is 0.409 e. The summed E-state index contributed by atoms with van der Waals surface area (Å²) in [6.45, 7) is 11.4. The van der Waals surface area contributed by atoms with Gasteiger partial charge in [0.2, 0.25) is 0 Å². The molecule has 148 valence electrons. The number of aromatic nitrogens is 1. The Labute approximate surface area is 160 Å². The minimum Gasteiger partial charge on any atom is -0.450 e. The standard InChI is InChI=1S/C19H29N5O3/c1-3-21-5-7-22(8-6-21)17-13-16(14-20-15-17)18(25)23-9-11-24(12-10-23)19(26)27-4-2/h13-15H,3-12H2,1-2H3. The van der Waals surface area contributed by atoms with Gasteiger partial charge in [-0.15, -0.1) is 0 Å². The van der Waals surface area contributed by atoms with Crippen LogP contribution in [-0.4, -0.2) is 97.2 Å². The molecule has 0 atom stereocenters. The molecule has 2 amide bonds. The molecule has 2 aliphatic heterocycles. The summed E-state index contributed by atoms with van der Waals surface area (Å²) >= 11 is 0. The number of carbonyl (C=O) groups excluding carboxylic acids is 2. The van der Waals surface area contributed by atoms with Crippen molar-refractivity contribution in [2.45, 2.75) is 13.8 Å². The van der Waals surface area contributed by atoms with Crippen LogP contribution in [0.4, 0.5) is 10.5 Å². The van der Waals surface area contributed by atoms with E-state index in [0.29, 0.717) is 38.3 Å². The second-order valence-electron chi connectivity index (χ2n) is 6.83. The second kappa shape index (κ2) is 9.03. The lowest BCUT2D eigenvalue weighted by Gasteiger charge is -2.36. The molecule has 0 unspecified atom stereocenters. The molecule has 2 aliphatic rings. The average molecular weight is 375 g/mol. The molecule has 0 radical (unpaired) electrons. The van der Waals surface area contributed by atoms with E-state index in [4.69, 9.17) is 4.74 Å². The highest BCUT2D eigenvalue weighted by atomic mass is 16.6. The maximum absolute atomic E-state index is 12.9. The third kappa shape index (κ3) is 4.68. The first-order chi connectivity index (χ1) is 13.1. The number of piperazine rings is 2. The Bertz CT molecular complexity index is 653. The zero-order valence-electron chi connectivity index (χ0n) is 16.3. The fraction of sp³-hybridized carbons (Fsp3) is 0.632. The van der Waals surface area contributed by atoms with Crippen molar-refractivity contribution in [1.29, 1.82) is 0 Å². The van der Waals surface area contributed by atoms with Crippen LogP contribution in [0, 0.1) is 0 Å². The fourth-order valence-corrected chi connectivity index (χ4v) is 3.53. The van der Waals surface area contributed by atoms with Crippen molar-refractivity contribution < 1.29 is 14.3 Å². The first-order valence-corrected chi connectivity index (χ1v) is 9.75. The highest BCUT2D eigenvalue weighted by Gasteiger charge is 2.26. The van der Waals surface area contributed by atoms with Crippen LogP contribution < -0.4 is 4.90 Å². The van der Waals surface area contributed by atoms with Crippen molar-refractivity contribution in [1.82, 2.24) is 19.7 Å². The third-order valence-corrected chi connectivity index (χ3v) is 5.25. The molecule has 0 aliphatic carbocycles. The summed E-state index contributed by atoms with van der Waals surface area (Å²) in [5.41, 5.74) is 1.61. The van der Waals surface area contributed by atoms with Crippen molar-refractivity contribution >= 4 is 17.7 Å². The van der Waals surface area contributed by atoms with Crippen molar-refractivity contribution in [3.63, 3.8) is 0 Å². The fourth-order valence-electron chi connectivity index (χ4n) is 3.53. The maximum atomic E-state index is 12.9. The zero-order valence-corrected chi connectivity index (χ0v) is 16.3. The molecule has 8 heteroatoms. The number of rotatable bonds is 4. The Morgan fingerprint density at radius 2 is 1.63 bits per heavy atom. The molecule has 27 heavy (non-hydrogen) atoms. The van der Waals surface area contributed by atoms with Gasteiger partial charge in [-0.1, -0.05) is 6.92 Å². The molecule has 0 bridgehead atoms. The van der Waals surface area contributed by atoms with Crippen LogP contribution in [0.2, 0.25) is 0 Å². The van der Waals surface area contributed by atoms with Crippen LogP contribution in [0.3, 0.4) is 0 Å². The van der Waals surface area contributed by atoms with Crippen LogP contribution in [0.1, 0.15) is 24.2 Å². The van der Waals surface area contributed by atoms with Crippen LogP contribution >= 0.6 is 0 Å². The van der Waals surface area contributed by atoms with E-state index in [-0.39, 0.29) is 12.0 Å². The Morgan fingerprint density at radius 3 is 2.26 bits per heavy atom. The molecule has 2 fully saturated rings. The Hall–Kier alpha value is -2.35. The number of pyridine rings is 1. The number of nitrogens with zero attached hydrogens (tertiary/aromatic N) is 5. The summed E-state index contributed by atoms with van der Waals surface area (Å²) in [6.07, 6.45) is 3.16. The number of carbonyl (C=O) groups is 2. The highest BCUT2D eigenvalue weighted by molar-refractivity contribution is 5.95. The van der Waals surface area contributed by atoms with Gasteiger partial charge in [-0.3, -0.25) is 9.78 Å². The van der Waals surface area contributed by atoms with Gasteiger partial charge in [-0.05, 0) is 19.5 Å². The van der Waals surface area contributed by atoms with Crippen molar-refractivity contribution in [2.24, 2.45) is 0 Å². The molecule has 0 aromatic carbocycles. The SMILES string of the molecule is CCOC(=O)N1CCN(C(=O)c2cncc(N3CCN(CC)CC3)c2)CC1. The number of anilines is 1. The van der Waals surface area contributed by atoms with Crippen molar-refractivity contribution in [2.75, 3.05) is 70.4 Å². The summed E-state index contributed by atoms with van der Waals surface area (Å²) in [5, 5.41) is 0. The summed E-state index contributed by atoms with van der Waals surface area (Å²) in [6, 6.07) is 1.94. The normalized spacial score (nSPS) is 18.5. The molecule has 3 rings (SSSR count). The molecule has 3 heterocycles. The van der Waals surface area contributed by atoms with Gasteiger partial charge in [0.25, 0.3) is 5.91 Å². The van der Waals surface area contributed by atoms with Crippen molar-refractivity contribution in [3.05, 3.63) is 24.0 Å². The Morgan fingerprint density at radius 1 is 0.963 bits per heavy atom. The van der Waals surface area contributed by atoms with Gasteiger partial charge in [-0.2, -0.15) is 0 Å². The monoisotopic (exact) mass is 375 g/mol. The predicted octanol–water partition coefficient (Wildman–Crippen LogP) is 1.14. The number of hydrogen-bond acceptors (Lipinski definition) is 6. The third-order valence-electron chi connectivity index (χ3n) is 5.25. The maximum Gasteiger partial charge on any atom is 0.409 e. The first kappa shape index (κ1) is 19.4. The minimum atomic E-state index is -0.306. The lowest BCUT2D eigenvalue weighted by atomic mass is 10.2. The van der Waals surface area contributed by atoms with Gasteiger partial charge in [-0.25, -0.2) is 4.79 Å². The number of ether oxygens (including phenoxy) is 1. The molecule has 0 N–H and O–H groups in total. The molecule has 8 nitrogen and oxygen atoms in total. The van der Waals surface area contributed by atoms with Crippen LogP contribution in [0.5, 0.6) is 0 Å². The van der Waals surface area contributed by atoms with E-state index in [0.717, 1.165) is 38.4 Å². The topological polar surface area (TPSA) is 69.2 Å². The summed E-state index contributed by atoms with van der Waals surface area (Å²) in [4.78, 5) is 37.1. The van der Waals surface area contributed by atoms with Gasteiger partial charge >= 0.3 is 6.09 Å². The lowest BCUT2D eigenvalue weighted by Crippen LogP contribution is -2.50. The molecule has 1 aromatic heterocycles. The van der Waals surface area contributed by atoms with Gasteiger partial charge < -0.3 is 24.3 Å². The van der Waals surface area contributed by atoms with E-state index in [1.165, 1.54) is 0 Å². The van der Waals surface area contributed by atoms with Gasteiger partial charge in [0, 0.05) is 58.6 Å². The predicted molar refractivity (Wildman–Crippen MR) is 103 cm³/mol. The summed E-state index contributed by atoms with van der Waals surface area (Å²) in [5.74, 6) is -0.0277. The van der Waals surface area contributed by atoms with E-state index in [9.17, 15) is 9.59 Å². The van der Waals surface area contributed by atoms with E-state index < -0.39 is 0 Å². The number of hydrogen-bond donors (Lipinski definition) is 0. The van der Waals surface area contributed by atoms with Gasteiger partial charge in [0.15, 0.2) is 0 Å². The zero-order chi connectivity index (χ0) is 19.2. The van der Waals surface area contributed by atoms with E-state index >= 15 is 0 Å². The Balaban J connectivity index is 1.59. The molecule has 0 saturated carbocycles. The quantitative estimate of drug-likeness (QED) is 0.786. The molecule has 1 aromatic rings. The molecular formula is C19H29N5O3. The first-order valence-electron chi connectivity index (χ1n) is 9.75. The van der Waals surface area contributed by atoms with Crippen molar-refractivity contribution in [3.8, 4) is 0 Å².